The number of halogens is 1. The monoisotopic (exact) mass is 445 g/mol. The van der Waals surface area contributed by atoms with E-state index in [9.17, 15) is 4.79 Å². The van der Waals surface area contributed by atoms with Crippen LogP contribution in [0.5, 0.6) is 11.5 Å². The Bertz CT molecular complexity index is 769. The molecule has 0 bridgehead atoms. The second kappa shape index (κ2) is 9.59. The first kappa shape index (κ1) is 19.5. The van der Waals surface area contributed by atoms with Gasteiger partial charge < -0.3 is 15.2 Å². The first-order valence-electron chi connectivity index (χ1n) is 7.07. The number of methoxy groups -OCH3 is 1. The number of carbonyl (C=O) groups is 1. The van der Waals surface area contributed by atoms with Crippen LogP contribution in [0.4, 0.5) is 5.13 Å². The molecule has 2 rings (SSSR count). The predicted molar refractivity (Wildman–Crippen MR) is 103 cm³/mol. The number of nitrogens with two attached hydrogens (primary N) is 1. The minimum absolute atomic E-state index is 0.169. The van der Waals surface area contributed by atoms with E-state index in [-0.39, 0.29) is 11.7 Å². The fourth-order valence-corrected chi connectivity index (χ4v) is 3.79. The quantitative estimate of drug-likeness (QED) is 0.364. The van der Waals surface area contributed by atoms with Crippen LogP contribution in [0.25, 0.3) is 0 Å². The highest BCUT2D eigenvalue weighted by molar-refractivity contribution is 9.10. The highest BCUT2D eigenvalue weighted by atomic mass is 79.9. The van der Waals surface area contributed by atoms with Crippen molar-refractivity contribution in [2.24, 2.45) is 5.10 Å². The number of nitrogens with zero attached hydrogens (tertiary/aromatic N) is 3. The number of rotatable bonds is 8. The lowest BCUT2D eigenvalue weighted by Crippen LogP contribution is -2.19. The summed E-state index contributed by atoms with van der Waals surface area (Å²) in [6.45, 7) is 2.39. The minimum Gasteiger partial charge on any atom is -0.492 e. The van der Waals surface area contributed by atoms with E-state index in [1.54, 1.807) is 13.2 Å². The van der Waals surface area contributed by atoms with Crippen LogP contribution < -0.4 is 20.6 Å². The molecule has 1 heterocycles. The van der Waals surface area contributed by atoms with E-state index >= 15 is 0 Å². The molecule has 0 aliphatic rings. The van der Waals surface area contributed by atoms with E-state index in [1.807, 2.05) is 13.0 Å². The maximum atomic E-state index is 11.8. The number of ether oxygens (including phenoxy) is 2. The number of amides is 1. The van der Waals surface area contributed by atoms with Crippen molar-refractivity contribution in [3.8, 4) is 11.5 Å². The summed E-state index contributed by atoms with van der Waals surface area (Å²) in [6.07, 6.45) is 1.53. The second-order valence-corrected chi connectivity index (χ2v) is 7.54. The van der Waals surface area contributed by atoms with Gasteiger partial charge in [-0.2, -0.15) is 5.10 Å². The molecule has 0 atom stereocenters. The molecule has 134 valence electrons. The Balaban J connectivity index is 1.93. The molecule has 3 N–H and O–H groups in total. The molecule has 0 radical (unpaired) electrons. The average Bonchev–Trinajstić information content (AvgIpc) is 2.99. The van der Waals surface area contributed by atoms with Gasteiger partial charge in [0.25, 0.3) is 5.91 Å². The summed E-state index contributed by atoms with van der Waals surface area (Å²) < 4.78 is 12.2. The minimum atomic E-state index is -0.257. The van der Waals surface area contributed by atoms with Crippen LogP contribution >= 0.6 is 39.0 Å². The average molecular weight is 446 g/mol. The van der Waals surface area contributed by atoms with Crippen LogP contribution in [0.3, 0.4) is 0 Å². The molecule has 0 saturated heterocycles. The van der Waals surface area contributed by atoms with Gasteiger partial charge in [0, 0.05) is 0 Å². The molecule has 1 aromatic carbocycles. The van der Waals surface area contributed by atoms with Crippen LogP contribution in [0.15, 0.2) is 26.0 Å². The number of carbonyl (C=O) groups excluding carboxylic acids is 1. The van der Waals surface area contributed by atoms with E-state index in [1.165, 1.54) is 29.3 Å². The summed E-state index contributed by atoms with van der Waals surface area (Å²) in [5, 5.41) is 11.8. The van der Waals surface area contributed by atoms with E-state index in [2.05, 4.69) is 36.7 Å². The molecule has 0 aliphatic carbocycles. The SMILES string of the molecule is CCOc1cc(C=NNC(=O)CSc2nnc(N)s2)cc(Br)c1OC. The lowest BCUT2D eigenvalue weighted by atomic mass is 10.2. The lowest BCUT2D eigenvalue weighted by molar-refractivity contribution is -0.118. The number of nitrogen functional groups attached to an aromatic ring is 1. The number of anilines is 1. The molecular formula is C14H16BrN5O3S2. The zero-order valence-electron chi connectivity index (χ0n) is 13.5. The third-order valence-electron chi connectivity index (χ3n) is 2.69. The maximum absolute atomic E-state index is 11.8. The van der Waals surface area contributed by atoms with E-state index in [0.717, 1.165) is 10.0 Å². The summed E-state index contributed by atoms with van der Waals surface area (Å²) in [4.78, 5) is 11.8. The molecule has 0 spiro atoms. The molecule has 25 heavy (non-hydrogen) atoms. The fraction of sp³-hybridized carbons (Fsp3) is 0.286. The smallest absolute Gasteiger partial charge is 0.250 e. The molecule has 0 aliphatic heterocycles. The number of aromatic nitrogens is 2. The van der Waals surface area contributed by atoms with Crippen LogP contribution in [0, 0.1) is 0 Å². The van der Waals surface area contributed by atoms with Crippen molar-refractivity contribution in [3.63, 3.8) is 0 Å². The number of hydrogen-bond donors (Lipinski definition) is 2. The van der Waals surface area contributed by atoms with Gasteiger partial charge in [0.2, 0.25) is 5.13 Å². The number of hydrazone groups is 1. The van der Waals surface area contributed by atoms with Crippen molar-refractivity contribution in [1.29, 1.82) is 0 Å². The first-order chi connectivity index (χ1) is 12.0. The molecule has 1 aromatic heterocycles. The van der Waals surface area contributed by atoms with Gasteiger partial charge in [-0.25, -0.2) is 5.43 Å². The fourth-order valence-electron chi connectivity index (χ4n) is 1.74. The van der Waals surface area contributed by atoms with Gasteiger partial charge in [0.05, 0.1) is 30.2 Å². The first-order valence-corrected chi connectivity index (χ1v) is 9.67. The highest BCUT2D eigenvalue weighted by Crippen LogP contribution is 2.36. The Kier molecular flexibility index (Phi) is 7.47. The molecule has 0 unspecified atom stereocenters. The maximum Gasteiger partial charge on any atom is 0.250 e. The van der Waals surface area contributed by atoms with Gasteiger partial charge in [0.15, 0.2) is 15.8 Å². The van der Waals surface area contributed by atoms with Crippen molar-refractivity contribution < 1.29 is 14.3 Å². The summed E-state index contributed by atoms with van der Waals surface area (Å²) in [6, 6.07) is 3.59. The Morgan fingerprint density at radius 1 is 1.52 bits per heavy atom. The number of hydrogen-bond acceptors (Lipinski definition) is 9. The summed E-state index contributed by atoms with van der Waals surface area (Å²) >= 11 is 5.90. The standard InChI is InChI=1S/C14H16BrN5O3S2/c1-3-23-10-5-8(4-9(15)12(10)22-2)6-17-18-11(21)7-24-14-20-19-13(16)25-14/h4-6H,3,7H2,1-2H3,(H2,16,19)(H,18,21). The Labute approximate surface area is 161 Å². The molecular weight excluding hydrogens is 430 g/mol. The van der Waals surface area contributed by atoms with E-state index in [0.29, 0.717) is 27.6 Å². The summed E-state index contributed by atoms with van der Waals surface area (Å²) in [5.41, 5.74) is 8.69. The third kappa shape index (κ3) is 5.87. The van der Waals surface area contributed by atoms with Crippen molar-refractivity contribution in [2.45, 2.75) is 11.3 Å². The summed E-state index contributed by atoms with van der Waals surface area (Å²) in [5.74, 6) is 1.11. The Hall–Kier alpha value is -1.85. The summed E-state index contributed by atoms with van der Waals surface area (Å²) in [7, 11) is 1.57. The number of nitrogens with one attached hydrogen (secondary N) is 1. The molecule has 8 nitrogen and oxygen atoms in total. The molecule has 1 amide bonds. The third-order valence-corrected chi connectivity index (χ3v) is 5.16. The largest absolute Gasteiger partial charge is 0.492 e. The zero-order chi connectivity index (χ0) is 18.2. The van der Waals surface area contributed by atoms with Gasteiger partial charge in [-0.1, -0.05) is 23.1 Å². The molecule has 11 heteroatoms. The van der Waals surface area contributed by atoms with Gasteiger partial charge in [-0.3, -0.25) is 4.79 Å². The normalized spacial score (nSPS) is 10.8. The van der Waals surface area contributed by atoms with E-state index in [4.69, 9.17) is 15.2 Å². The van der Waals surface area contributed by atoms with E-state index < -0.39 is 0 Å². The number of thioether (sulfide) groups is 1. The Morgan fingerprint density at radius 2 is 2.32 bits per heavy atom. The molecule has 2 aromatic rings. The van der Waals surface area contributed by atoms with Gasteiger partial charge >= 0.3 is 0 Å². The van der Waals surface area contributed by atoms with Crippen molar-refractivity contribution in [1.82, 2.24) is 15.6 Å². The van der Waals surface area contributed by atoms with Gasteiger partial charge in [0.1, 0.15) is 0 Å². The topological polar surface area (TPSA) is 112 Å². The van der Waals surface area contributed by atoms with Crippen LogP contribution in [0.2, 0.25) is 0 Å². The lowest BCUT2D eigenvalue weighted by Gasteiger charge is -2.11. The van der Waals surface area contributed by atoms with Crippen molar-refractivity contribution >= 4 is 56.3 Å². The van der Waals surface area contributed by atoms with Crippen LogP contribution in [0.1, 0.15) is 12.5 Å². The highest BCUT2D eigenvalue weighted by Gasteiger charge is 2.10. The Morgan fingerprint density at radius 3 is 2.96 bits per heavy atom. The van der Waals surface area contributed by atoms with Crippen molar-refractivity contribution in [2.75, 3.05) is 25.2 Å². The zero-order valence-corrected chi connectivity index (χ0v) is 16.7. The molecule has 0 saturated carbocycles. The van der Waals surface area contributed by atoms with Gasteiger partial charge in [-0.05, 0) is 40.5 Å². The van der Waals surface area contributed by atoms with Crippen LogP contribution in [-0.4, -0.2) is 41.8 Å². The van der Waals surface area contributed by atoms with Crippen LogP contribution in [-0.2, 0) is 4.79 Å². The second-order valence-electron chi connectivity index (χ2n) is 4.46. The predicted octanol–water partition coefficient (Wildman–Crippen LogP) is 2.53. The molecule has 0 fully saturated rings. The van der Waals surface area contributed by atoms with Crippen molar-refractivity contribution in [3.05, 3.63) is 22.2 Å². The van der Waals surface area contributed by atoms with Gasteiger partial charge in [-0.15, -0.1) is 10.2 Å². The number of benzene rings is 1.